The highest BCUT2D eigenvalue weighted by molar-refractivity contribution is 14.0. The number of guanidine groups is 1. The number of β-amino-alcohol motifs (C(OH)–C–C–N with tert-alkyl or cyclic N) is 1. The van der Waals surface area contributed by atoms with Gasteiger partial charge in [0.15, 0.2) is 5.96 Å². The molecule has 1 aromatic rings. The lowest BCUT2D eigenvalue weighted by Crippen LogP contribution is -2.32. The highest BCUT2D eigenvalue weighted by Crippen LogP contribution is 2.17. The maximum absolute atomic E-state index is 9.62. The second kappa shape index (κ2) is 10.0. The van der Waals surface area contributed by atoms with E-state index in [1.165, 1.54) is 11.1 Å². The Kier molecular flexibility index (Phi) is 8.74. The molecule has 124 valence electrons. The summed E-state index contributed by atoms with van der Waals surface area (Å²) >= 11 is 0. The van der Waals surface area contributed by atoms with Crippen LogP contribution < -0.4 is 11.1 Å². The second-order valence-corrected chi connectivity index (χ2v) is 5.57. The number of aliphatic hydroxyl groups is 1. The SMILES string of the molecule is CCCNC(N)=NCc1ccccc1CN1CCC(O)C1.I. The van der Waals surface area contributed by atoms with E-state index in [0.29, 0.717) is 12.5 Å². The Labute approximate surface area is 150 Å². The van der Waals surface area contributed by atoms with Crippen molar-refractivity contribution in [3.8, 4) is 0 Å². The lowest BCUT2D eigenvalue weighted by Gasteiger charge is -2.17. The molecule has 0 amide bonds. The molecule has 5 nitrogen and oxygen atoms in total. The molecule has 1 heterocycles. The van der Waals surface area contributed by atoms with Crippen LogP contribution in [0.15, 0.2) is 29.3 Å². The number of hydrogen-bond donors (Lipinski definition) is 3. The molecule has 1 aromatic carbocycles. The highest BCUT2D eigenvalue weighted by atomic mass is 127. The number of halogens is 1. The van der Waals surface area contributed by atoms with Crippen LogP contribution in [0.5, 0.6) is 0 Å². The summed E-state index contributed by atoms with van der Waals surface area (Å²) in [5, 5.41) is 12.7. The van der Waals surface area contributed by atoms with Gasteiger partial charge in [-0.2, -0.15) is 0 Å². The normalized spacial score (nSPS) is 19.0. The van der Waals surface area contributed by atoms with E-state index in [2.05, 4.69) is 34.3 Å². The van der Waals surface area contributed by atoms with Crippen LogP contribution in [0.25, 0.3) is 0 Å². The van der Waals surface area contributed by atoms with Gasteiger partial charge in [0.2, 0.25) is 0 Å². The number of aliphatic hydroxyl groups excluding tert-OH is 1. The van der Waals surface area contributed by atoms with Gasteiger partial charge in [-0.1, -0.05) is 31.2 Å². The first-order valence-electron chi connectivity index (χ1n) is 7.70. The van der Waals surface area contributed by atoms with E-state index in [9.17, 15) is 5.11 Å². The Hall–Kier alpha value is -0.860. The van der Waals surface area contributed by atoms with Crippen LogP contribution >= 0.6 is 24.0 Å². The molecule has 0 bridgehead atoms. The number of benzene rings is 1. The molecule has 1 aliphatic rings. The van der Waals surface area contributed by atoms with Crippen molar-refractivity contribution in [1.82, 2.24) is 10.2 Å². The van der Waals surface area contributed by atoms with Gasteiger partial charge in [-0.25, -0.2) is 4.99 Å². The van der Waals surface area contributed by atoms with Gasteiger partial charge in [0.1, 0.15) is 0 Å². The summed E-state index contributed by atoms with van der Waals surface area (Å²) < 4.78 is 0. The van der Waals surface area contributed by atoms with Gasteiger partial charge in [0, 0.05) is 26.2 Å². The first kappa shape index (κ1) is 19.2. The third-order valence-corrected chi connectivity index (χ3v) is 3.74. The monoisotopic (exact) mass is 418 g/mol. The summed E-state index contributed by atoms with van der Waals surface area (Å²) in [7, 11) is 0. The maximum Gasteiger partial charge on any atom is 0.188 e. The summed E-state index contributed by atoms with van der Waals surface area (Å²) in [4.78, 5) is 6.68. The van der Waals surface area contributed by atoms with Crippen molar-refractivity contribution in [1.29, 1.82) is 0 Å². The Morgan fingerprint density at radius 1 is 1.41 bits per heavy atom. The minimum Gasteiger partial charge on any atom is -0.392 e. The Morgan fingerprint density at radius 3 is 2.77 bits per heavy atom. The molecule has 22 heavy (non-hydrogen) atoms. The fourth-order valence-corrected chi connectivity index (χ4v) is 2.54. The van der Waals surface area contributed by atoms with E-state index in [1.807, 2.05) is 12.1 Å². The van der Waals surface area contributed by atoms with Crippen LogP contribution in [-0.2, 0) is 13.1 Å². The van der Waals surface area contributed by atoms with Gasteiger partial charge in [-0.05, 0) is 24.0 Å². The van der Waals surface area contributed by atoms with Crippen molar-refractivity contribution >= 4 is 29.9 Å². The van der Waals surface area contributed by atoms with Crippen molar-refractivity contribution in [2.75, 3.05) is 19.6 Å². The molecule has 0 saturated carbocycles. The number of nitrogens with two attached hydrogens (primary N) is 1. The lowest BCUT2D eigenvalue weighted by molar-refractivity contribution is 0.174. The molecule has 0 spiro atoms. The van der Waals surface area contributed by atoms with Gasteiger partial charge in [-0.3, -0.25) is 4.90 Å². The van der Waals surface area contributed by atoms with Crippen molar-refractivity contribution in [2.24, 2.45) is 10.7 Å². The third kappa shape index (κ3) is 6.10. The predicted octanol–water partition coefficient (Wildman–Crippen LogP) is 1.69. The molecule has 6 heteroatoms. The Balaban J connectivity index is 0.00000242. The van der Waals surface area contributed by atoms with Gasteiger partial charge >= 0.3 is 0 Å². The van der Waals surface area contributed by atoms with Crippen LogP contribution in [0.2, 0.25) is 0 Å². The zero-order chi connectivity index (χ0) is 15.1. The summed E-state index contributed by atoms with van der Waals surface area (Å²) in [6, 6.07) is 8.31. The molecule has 1 unspecified atom stereocenters. The quantitative estimate of drug-likeness (QED) is 0.374. The van der Waals surface area contributed by atoms with E-state index in [-0.39, 0.29) is 30.1 Å². The number of hydrogen-bond acceptors (Lipinski definition) is 3. The first-order valence-corrected chi connectivity index (χ1v) is 7.70. The summed E-state index contributed by atoms with van der Waals surface area (Å²) in [6.45, 7) is 6.12. The number of rotatable bonds is 6. The van der Waals surface area contributed by atoms with Crippen LogP contribution in [0.3, 0.4) is 0 Å². The zero-order valence-electron chi connectivity index (χ0n) is 13.2. The van der Waals surface area contributed by atoms with Crippen LogP contribution in [-0.4, -0.2) is 41.7 Å². The van der Waals surface area contributed by atoms with Crippen molar-refractivity contribution < 1.29 is 5.11 Å². The molecule has 1 saturated heterocycles. The smallest absolute Gasteiger partial charge is 0.188 e. The fourth-order valence-electron chi connectivity index (χ4n) is 2.54. The van der Waals surface area contributed by atoms with E-state index < -0.39 is 0 Å². The zero-order valence-corrected chi connectivity index (χ0v) is 15.5. The van der Waals surface area contributed by atoms with Crippen molar-refractivity contribution in [3.63, 3.8) is 0 Å². The average Bonchev–Trinajstić information content (AvgIpc) is 2.89. The van der Waals surface area contributed by atoms with Crippen LogP contribution in [0.4, 0.5) is 0 Å². The molecule has 1 atom stereocenters. The maximum atomic E-state index is 9.62. The standard InChI is InChI=1S/C16H26N4O.HI/c1-2-8-18-16(17)19-10-13-5-3-4-6-14(13)11-20-9-7-15(21)12-20;/h3-6,15,21H,2,7-12H2,1H3,(H3,17,18,19);1H. The van der Waals surface area contributed by atoms with Crippen molar-refractivity contribution in [3.05, 3.63) is 35.4 Å². The molecule has 2 rings (SSSR count). The summed E-state index contributed by atoms with van der Waals surface area (Å²) in [5.74, 6) is 0.503. The molecular weight excluding hydrogens is 391 g/mol. The third-order valence-electron chi connectivity index (χ3n) is 3.74. The minimum absolute atomic E-state index is 0. The predicted molar refractivity (Wildman–Crippen MR) is 101 cm³/mol. The average molecular weight is 418 g/mol. The molecule has 1 fully saturated rings. The molecule has 1 aliphatic heterocycles. The Bertz CT molecular complexity index is 481. The van der Waals surface area contributed by atoms with Gasteiger partial charge < -0.3 is 16.2 Å². The second-order valence-electron chi connectivity index (χ2n) is 5.57. The molecule has 0 radical (unpaired) electrons. The highest BCUT2D eigenvalue weighted by Gasteiger charge is 2.20. The van der Waals surface area contributed by atoms with Gasteiger partial charge in [-0.15, -0.1) is 24.0 Å². The molecule has 0 aliphatic carbocycles. The van der Waals surface area contributed by atoms with E-state index in [0.717, 1.165) is 39.0 Å². The topological polar surface area (TPSA) is 73.9 Å². The lowest BCUT2D eigenvalue weighted by atomic mass is 10.1. The number of aliphatic imine (C=N–C) groups is 1. The van der Waals surface area contributed by atoms with Gasteiger partial charge in [0.05, 0.1) is 12.6 Å². The largest absolute Gasteiger partial charge is 0.392 e. The molecular formula is C16H27IN4O. The first-order chi connectivity index (χ1) is 10.2. The van der Waals surface area contributed by atoms with E-state index in [4.69, 9.17) is 5.73 Å². The van der Waals surface area contributed by atoms with E-state index in [1.54, 1.807) is 0 Å². The van der Waals surface area contributed by atoms with Crippen LogP contribution in [0, 0.1) is 0 Å². The van der Waals surface area contributed by atoms with Crippen molar-refractivity contribution in [2.45, 2.75) is 39.0 Å². The number of likely N-dealkylation sites (tertiary alicyclic amines) is 1. The summed E-state index contributed by atoms with van der Waals surface area (Å²) in [5.41, 5.74) is 8.29. The molecule has 4 N–H and O–H groups in total. The van der Waals surface area contributed by atoms with Crippen LogP contribution in [0.1, 0.15) is 30.9 Å². The Morgan fingerprint density at radius 2 is 2.14 bits per heavy atom. The molecule has 0 aromatic heterocycles. The van der Waals surface area contributed by atoms with Gasteiger partial charge in [0.25, 0.3) is 0 Å². The fraction of sp³-hybridized carbons (Fsp3) is 0.562. The number of nitrogens with zero attached hydrogens (tertiary/aromatic N) is 2. The minimum atomic E-state index is -0.177. The van der Waals surface area contributed by atoms with E-state index >= 15 is 0 Å². The summed E-state index contributed by atoms with van der Waals surface area (Å²) in [6.07, 6.45) is 1.72. The number of nitrogens with one attached hydrogen (secondary N) is 1.